The molecular weight excluding hydrogens is 230 g/mol. The zero-order chi connectivity index (χ0) is 11.3. The average Bonchev–Trinajstić information content (AvgIpc) is 2.67. The normalized spacial score (nSPS) is 10.7. The van der Waals surface area contributed by atoms with E-state index in [0.29, 0.717) is 5.13 Å². The first kappa shape index (κ1) is 12.4. The number of carbonyl (C=O) groups is 1. The predicted molar refractivity (Wildman–Crippen MR) is 64.4 cm³/mol. The minimum atomic E-state index is 0.0452. The highest BCUT2D eigenvalue weighted by molar-refractivity contribution is 8.00. The van der Waals surface area contributed by atoms with Gasteiger partial charge in [-0.2, -0.15) is 0 Å². The first-order valence-electron chi connectivity index (χ1n) is 4.89. The van der Waals surface area contributed by atoms with Crippen molar-refractivity contribution in [3.63, 3.8) is 0 Å². The van der Waals surface area contributed by atoms with Crippen molar-refractivity contribution in [3.8, 4) is 0 Å². The van der Waals surface area contributed by atoms with E-state index in [1.54, 1.807) is 0 Å². The second kappa shape index (κ2) is 6.07. The van der Waals surface area contributed by atoms with Crippen molar-refractivity contribution in [1.29, 1.82) is 0 Å². The van der Waals surface area contributed by atoms with Gasteiger partial charge in [-0.25, -0.2) is 0 Å². The van der Waals surface area contributed by atoms with Crippen LogP contribution in [0.5, 0.6) is 0 Å². The molecule has 0 saturated carbocycles. The molecule has 0 unspecified atom stereocenters. The summed E-state index contributed by atoms with van der Waals surface area (Å²) in [7, 11) is 0. The lowest BCUT2D eigenvalue weighted by molar-refractivity contribution is -0.120. The van der Waals surface area contributed by atoms with Crippen LogP contribution in [0.1, 0.15) is 26.7 Å². The van der Waals surface area contributed by atoms with Gasteiger partial charge in [-0.15, -0.1) is 10.2 Å². The standard InChI is InChI=1S/C9H15N3OS2/c1-4-6(5-2)7(13)10-8-11-12-9(14-3)15-8/h6H,4-5H2,1-3H3,(H,10,11,13). The quantitative estimate of drug-likeness (QED) is 0.640. The van der Waals surface area contributed by atoms with E-state index in [4.69, 9.17) is 0 Å². The van der Waals surface area contributed by atoms with Crippen molar-refractivity contribution in [2.24, 2.45) is 5.92 Å². The molecular formula is C9H15N3OS2. The molecule has 0 aliphatic heterocycles. The van der Waals surface area contributed by atoms with E-state index in [-0.39, 0.29) is 11.8 Å². The van der Waals surface area contributed by atoms with E-state index in [1.807, 2.05) is 20.1 Å². The van der Waals surface area contributed by atoms with Gasteiger partial charge in [0.15, 0.2) is 4.34 Å². The number of aromatic nitrogens is 2. The van der Waals surface area contributed by atoms with Crippen LogP contribution in [0.25, 0.3) is 0 Å². The second-order valence-electron chi connectivity index (χ2n) is 3.08. The SMILES string of the molecule is CCC(CC)C(=O)Nc1nnc(SC)s1. The third kappa shape index (κ3) is 3.46. The molecule has 1 amide bonds. The van der Waals surface area contributed by atoms with E-state index in [2.05, 4.69) is 15.5 Å². The maximum absolute atomic E-state index is 11.7. The zero-order valence-electron chi connectivity index (χ0n) is 9.11. The number of hydrogen-bond acceptors (Lipinski definition) is 5. The third-order valence-electron chi connectivity index (χ3n) is 2.17. The van der Waals surface area contributed by atoms with Gasteiger partial charge < -0.3 is 5.32 Å². The Hall–Kier alpha value is -0.620. The highest BCUT2D eigenvalue weighted by Crippen LogP contribution is 2.23. The maximum atomic E-state index is 11.7. The summed E-state index contributed by atoms with van der Waals surface area (Å²) in [5.41, 5.74) is 0. The minimum Gasteiger partial charge on any atom is -0.300 e. The summed E-state index contributed by atoms with van der Waals surface area (Å²) in [5.74, 6) is 0.121. The van der Waals surface area contributed by atoms with Crippen molar-refractivity contribution in [2.45, 2.75) is 31.0 Å². The molecule has 84 valence electrons. The van der Waals surface area contributed by atoms with Gasteiger partial charge in [-0.05, 0) is 19.1 Å². The summed E-state index contributed by atoms with van der Waals surface area (Å²) in [5, 5.41) is 11.2. The van der Waals surface area contributed by atoms with Crippen LogP contribution in [0.2, 0.25) is 0 Å². The van der Waals surface area contributed by atoms with Crippen LogP contribution in [0.15, 0.2) is 4.34 Å². The monoisotopic (exact) mass is 245 g/mol. The molecule has 0 aliphatic carbocycles. The number of thioether (sulfide) groups is 1. The third-order valence-corrected chi connectivity index (χ3v) is 3.98. The molecule has 1 rings (SSSR count). The Morgan fingerprint density at radius 3 is 2.60 bits per heavy atom. The molecule has 0 bridgehead atoms. The molecule has 0 spiro atoms. The summed E-state index contributed by atoms with van der Waals surface area (Å²) in [4.78, 5) is 11.7. The predicted octanol–water partition coefficient (Wildman–Crippen LogP) is 2.63. The maximum Gasteiger partial charge on any atom is 0.229 e. The fraction of sp³-hybridized carbons (Fsp3) is 0.667. The summed E-state index contributed by atoms with van der Waals surface area (Å²) < 4.78 is 0.870. The van der Waals surface area contributed by atoms with E-state index in [1.165, 1.54) is 23.1 Å². The molecule has 0 aliphatic rings. The van der Waals surface area contributed by atoms with Crippen LogP contribution in [0.3, 0.4) is 0 Å². The Labute approximate surface area is 97.9 Å². The first-order valence-corrected chi connectivity index (χ1v) is 6.93. The zero-order valence-corrected chi connectivity index (χ0v) is 10.7. The molecule has 0 aromatic carbocycles. The van der Waals surface area contributed by atoms with E-state index in [9.17, 15) is 4.79 Å². The van der Waals surface area contributed by atoms with Crippen molar-refractivity contribution in [2.75, 3.05) is 11.6 Å². The van der Waals surface area contributed by atoms with E-state index < -0.39 is 0 Å². The summed E-state index contributed by atoms with van der Waals surface area (Å²) in [6.45, 7) is 4.03. The minimum absolute atomic E-state index is 0.0452. The lowest BCUT2D eigenvalue weighted by Crippen LogP contribution is -2.21. The molecule has 1 heterocycles. The molecule has 1 aromatic rings. The number of hydrogen-bond donors (Lipinski definition) is 1. The van der Waals surface area contributed by atoms with Gasteiger partial charge in [0.25, 0.3) is 0 Å². The van der Waals surface area contributed by atoms with Crippen LogP contribution in [0.4, 0.5) is 5.13 Å². The first-order chi connectivity index (χ1) is 7.21. The van der Waals surface area contributed by atoms with Gasteiger partial charge in [-0.3, -0.25) is 4.79 Å². The second-order valence-corrected chi connectivity index (χ2v) is 5.11. The fourth-order valence-electron chi connectivity index (χ4n) is 1.21. The van der Waals surface area contributed by atoms with Crippen molar-refractivity contribution >= 4 is 34.1 Å². The van der Waals surface area contributed by atoms with Crippen LogP contribution in [-0.2, 0) is 4.79 Å². The largest absolute Gasteiger partial charge is 0.300 e. The fourth-order valence-corrected chi connectivity index (χ4v) is 2.38. The Morgan fingerprint density at radius 1 is 1.47 bits per heavy atom. The van der Waals surface area contributed by atoms with Crippen LogP contribution < -0.4 is 5.32 Å². The molecule has 1 N–H and O–H groups in total. The molecule has 6 heteroatoms. The molecule has 0 fully saturated rings. The average molecular weight is 245 g/mol. The Morgan fingerprint density at radius 2 is 2.13 bits per heavy atom. The molecule has 0 saturated heterocycles. The highest BCUT2D eigenvalue weighted by Gasteiger charge is 2.15. The van der Waals surface area contributed by atoms with Crippen molar-refractivity contribution in [1.82, 2.24) is 10.2 Å². The number of amides is 1. The van der Waals surface area contributed by atoms with Gasteiger partial charge in [-0.1, -0.05) is 36.9 Å². The van der Waals surface area contributed by atoms with Crippen LogP contribution in [0, 0.1) is 5.92 Å². The molecule has 0 atom stereocenters. The summed E-state index contributed by atoms with van der Waals surface area (Å²) in [6, 6.07) is 0. The molecule has 15 heavy (non-hydrogen) atoms. The lowest BCUT2D eigenvalue weighted by Gasteiger charge is -2.09. The Kier molecular flexibility index (Phi) is 5.04. The van der Waals surface area contributed by atoms with Gasteiger partial charge >= 0.3 is 0 Å². The molecule has 0 radical (unpaired) electrons. The van der Waals surface area contributed by atoms with Crippen molar-refractivity contribution in [3.05, 3.63) is 0 Å². The number of rotatable bonds is 5. The number of nitrogens with one attached hydrogen (secondary N) is 1. The highest BCUT2D eigenvalue weighted by atomic mass is 32.2. The summed E-state index contributed by atoms with van der Waals surface area (Å²) in [6.07, 6.45) is 3.65. The van der Waals surface area contributed by atoms with Gasteiger partial charge in [0.1, 0.15) is 0 Å². The van der Waals surface area contributed by atoms with E-state index in [0.717, 1.165) is 17.2 Å². The van der Waals surface area contributed by atoms with Crippen molar-refractivity contribution < 1.29 is 4.79 Å². The van der Waals surface area contributed by atoms with Gasteiger partial charge in [0, 0.05) is 5.92 Å². The molecule has 4 nitrogen and oxygen atoms in total. The molecule has 1 aromatic heterocycles. The van der Waals surface area contributed by atoms with Gasteiger partial charge in [0.05, 0.1) is 0 Å². The van der Waals surface area contributed by atoms with E-state index >= 15 is 0 Å². The van der Waals surface area contributed by atoms with Gasteiger partial charge in [0.2, 0.25) is 11.0 Å². The Bertz CT molecular complexity index is 323. The van der Waals surface area contributed by atoms with Crippen LogP contribution in [-0.4, -0.2) is 22.4 Å². The number of carbonyl (C=O) groups excluding carboxylic acids is 1. The van der Waals surface area contributed by atoms with Crippen LogP contribution >= 0.6 is 23.1 Å². The topological polar surface area (TPSA) is 54.9 Å². The smallest absolute Gasteiger partial charge is 0.229 e. The Balaban J connectivity index is 2.57. The summed E-state index contributed by atoms with van der Waals surface area (Å²) >= 11 is 2.94. The number of nitrogens with zero attached hydrogens (tertiary/aromatic N) is 2. The lowest BCUT2D eigenvalue weighted by atomic mass is 10.0. The number of anilines is 1.